The first-order chi connectivity index (χ1) is 8.79. The molecule has 19 heavy (non-hydrogen) atoms. The minimum atomic E-state index is -4.30. The van der Waals surface area contributed by atoms with E-state index in [4.69, 9.17) is 5.73 Å². The number of nitrogen functional groups attached to an aromatic ring is 1. The second kappa shape index (κ2) is 5.77. The van der Waals surface area contributed by atoms with Crippen molar-refractivity contribution in [2.24, 2.45) is 0 Å². The molecule has 0 saturated carbocycles. The smallest absolute Gasteiger partial charge is 0.340 e. The molecule has 0 spiro atoms. The van der Waals surface area contributed by atoms with E-state index in [-0.39, 0.29) is 17.0 Å². The van der Waals surface area contributed by atoms with Gasteiger partial charge < -0.3 is 15.2 Å². The standard InChI is InChI=1S/C11H11F4NO3/c1-18-9(17)6-3-2-4-7(8(6)16)19-5-11(14,15)10(12)13/h2-4,10H,5,16H2,1H3. The highest BCUT2D eigenvalue weighted by Crippen LogP contribution is 2.29. The summed E-state index contributed by atoms with van der Waals surface area (Å²) < 4.78 is 58.2. The normalized spacial score (nSPS) is 11.5. The van der Waals surface area contributed by atoms with Crippen LogP contribution in [0.4, 0.5) is 23.2 Å². The first kappa shape index (κ1) is 15.1. The zero-order valence-electron chi connectivity index (χ0n) is 9.83. The predicted octanol–water partition coefficient (Wildman–Crippen LogP) is 2.33. The second-order valence-corrected chi connectivity index (χ2v) is 3.56. The summed E-state index contributed by atoms with van der Waals surface area (Å²) in [6.07, 6.45) is -3.85. The van der Waals surface area contributed by atoms with Gasteiger partial charge in [0.2, 0.25) is 0 Å². The Morgan fingerprint density at radius 3 is 2.58 bits per heavy atom. The van der Waals surface area contributed by atoms with E-state index in [1.807, 2.05) is 0 Å². The van der Waals surface area contributed by atoms with Gasteiger partial charge in [0.1, 0.15) is 5.75 Å². The number of esters is 1. The molecule has 0 amide bonds. The Labute approximate surface area is 106 Å². The van der Waals surface area contributed by atoms with E-state index in [1.54, 1.807) is 0 Å². The van der Waals surface area contributed by atoms with Crippen LogP contribution in [0.2, 0.25) is 0 Å². The number of carbonyl (C=O) groups is 1. The monoisotopic (exact) mass is 281 g/mol. The van der Waals surface area contributed by atoms with Gasteiger partial charge >= 0.3 is 18.3 Å². The first-order valence-electron chi connectivity index (χ1n) is 5.05. The molecule has 0 heterocycles. The van der Waals surface area contributed by atoms with Crippen molar-refractivity contribution in [2.75, 3.05) is 19.5 Å². The van der Waals surface area contributed by atoms with Gasteiger partial charge in [-0.2, -0.15) is 8.78 Å². The number of halogens is 4. The van der Waals surface area contributed by atoms with Crippen molar-refractivity contribution in [3.8, 4) is 5.75 Å². The van der Waals surface area contributed by atoms with Gasteiger partial charge in [-0.3, -0.25) is 0 Å². The zero-order valence-corrected chi connectivity index (χ0v) is 9.83. The fourth-order valence-corrected chi connectivity index (χ4v) is 1.19. The van der Waals surface area contributed by atoms with E-state index in [0.717, 1.165) is 7.11 Å². The van der Waals surface area contributed by atoms with Crippen LogP contribution in [-0.2, 0) is 4.74 Å². The minimum absolute atomic E-state index is 0.0969. The van der Waals surface area contributed by atoms with E-state index in [0.29, 0.717) is 0 Å². The number of anilines is 1. The highest BCUT2D eigenvalue weighted by molar-refractivity contribution is 5.96. The molecule has 0 bridgehead atoms. The maximum atomic E-state index is 12.7. The predicted molar refractivity (Wildman–Crippen MR) is 58.6 cm³/mol. The highest BCUT2D eigenvalue weighted by Gasteiger charge is 2.41. The summed E-state index contributed by atoms with van der Waals surface area (Å²) in [6.45, 7) is -1.54. The van der Waals surface area contributed by atoms with Crippen LogP contribution < -0.4 is 10.5 Å². The summed E-state index contributed by atoms with van der Waals surface area (Å²) >= 11 is 0. The molecule has 8 heteroatoms. The van der Waals surface area contributed by atoms with Crippen LogP contribution >= 0.6 is 0 Å². The van der Waals surface area contributed by atoms with E-state index in [9.17, 15) is 22.4 Å². The molecule has 0 aliphatic heterocycles. The van der Waals surface area contributed by atoms with Crippen LogP contribution in [0, 0.1) is 0 Å². The molecule has 0 fully saturated rings. The van der Waals surface area contributed by atoms with E-state index in [1.165, 1.54) is 18.2 Å². The van der Waals surface area contributed by atoms with E-state index >= 15 is 0 Å². The molecule has 2 N–H and O–H groups in total. The Hall–Kier alpha value is -1.99. The topological polar surface area (TPSA) is 61.5 Å². The van der Waals surface area contributed by atoms with Crippen LogP contribution in [-0.4, -0.2) is 32.0 Å². The Kier molecular flexibility index (Phi) is 4.57. The number of hydrogen-bond acceptors (Lipinski definition) is 4. The molecule has 0 aliphatic carbocycles. The lowest BCUT2D eigenvalue weighted by Gasteiger charge is -2.17. The summed E-state index contributed by atoms with van der Waals surface area (Å²) in [4.78, 5) is 11.3. The highest BCUT2D eigenvalue weighted by atomic mass is 19.3. The third kappa shape index (κ3) is 3.49. The van der Waals surface area contributed by atoms with Gasteiger partial charge in [-0.15, -0.1) is 0 Å². The largest absolute Gasteiger partial charge is 0.485 e. The number of carbonyl (C=O) groups excluding carboxylic acids is 1. The molecule has 1 aromatic rings. The van der Waals surface area contributed by atoms with Gasteiger partial charge in [0, 0.05) is 0 Å². The van der Waals surface area contributed by atoms with Gasteiger partial charge in [-0.25, -0.2) is 13.6 Å². The number of rotatable bonds is 5. The van der Waals surface area contributed by atoms with Crippen molar-refractivity contribution in [3.63, 3.8) is 0 Å². The summed E-state index contributed by atoms with van der Waals surface area (Å²) in [5, 5.41) is 0. The lowest BCUT2D eigenvalue weighted by atomic mass is 10.1. The van der Waals surface area contributed by atoms with Crippen LogP contribution in [0.25, 0.3) is 0 Å². The molecule has 4 nitrogen and oxygen atoms in total. The number of ether oxygens (including phenoxy) is 2. The third-order valence-electron chi connectivity index (χ3n) is 2.21. The molecule has 106 valence electrons. The summed E-state index contributed by atoms with van der Waals surface area (Å²) in [5.74, 6) is -5.37. The second-order valence-electron chi connectivity index (χ2n) is 3.56. The van der Waals surface area contributed by atoms with E-state index < -0.39 is 24.9 Å². The van der Waals surface area contributed by atoms with Crippen molar-refractivity contribution in [2.45, 2.75) is 12.3 Å². The Morgan fingerprint density at radius 2 is 2.05 bits per heavy atom. The Bertz CT molecular complexity index is 465. The zero-order chi connectivity index (χ0) is 14.6. The fraction of sp³-hybridized carbons (Fsp3) is 0.364. The molecule has 0 atom stereocenters. The lowest BCUT2D eigenvalue weighted by molar-refractivity contribution is -0.148. The molecule has 0 radical (unpaired) electrons. The molecule has 0 aliphatic rings. The molecule has 1 rings (SSSR count). The van der Waals surface area contributed by atoms with Gasteiger partial charge in [-0.05, 0) is 12.1 Å². The van der Waals surface area contributed by atoms with E-state index in [2.05, 4.69) is 9.47 Å². The molecule has 1 aromatic carbocycles. The van der Waals surface area contributed by atoms with Crippen molar-refractivity contribution in [1.82, 2.24) is 0 Å². The minimum Gasteiger partial charge on any atom is -0.485 e. The summed E-state index contributed by atoms with van der Waals surface area (Å²) in [7, 11) is 1.11. The molecular formula is C11H11F4NO3. The van der Waals surface area contributed by atoms with Crippen molar-refractivity contribution < 1.29 is 31.8 Å². The average molecular weight is 281 g/mol. The van der Waals surface area contributed by atoms with Crippen molar-refractivity contribution in [3.05, 3.63) is 23.8 Å². The molecule has 0 saturated heterocycles. The third-order valence-corrected chi connectivity index (χ3v) is 2.21. The number of benzene rings is 1. The van der Waals surface area contributed by atoms with Gasteiger partial charge in [-0.1, -0.05) is 6.07 Å². The Balaban J connectivity index is 2.89. The average Bonchev–Trinajstić information content (AvgIpc) is 2.36. The molecule has 0 aromatic heterocycles. The van der Waals surface area contributed by atoms with Gasteiger partial charge in [0.25, 0.3) is 0 Å². The number of methoxy groups -OCH3 is 1. The number of para-hydroxylation sites is 1. The van der Waals surface area contributed by atoms with Crippen LogP contribution in [0.1, 0.15) is 10.4 Å². The van der Waals surface area contributed by atoms with Crippen LogP contribution in [0.15, 0.2) is 18.2 Å². The Morgan fingerprint density at radius 1 is 1.42 bits per heavy atom. The molecule has 0 unspecified atom stereocenters. The maximum Gasteiger partial charge on any atom is 0.340 e. The lowest BCUT2D eigenvalue weighted by Crippen LogP contribution is -2.33. The number of alkyl halides is 4. The fourth-order valence-electron chi connectivity index (χ4n) is 1.19. The van der Waals surface area contributed by atoms with Crippen LogP contribution in [0.5, 0.6) is 5.75 Å². The maximum absolute atomic E-state index is 12.7. The number of hydrogen-bond donors (Lipinski definition) is 1. The molecular weight excluding hydrogens is 270 g/mol. The van der Waals surface area contributed by atoms with Crippen molar-refractivity contribution in [1.29, 1.82) is 0 Å². The van der Waals surface area contributed by atoms with Gasteiger partial charge in [0.15, 0.2) is 6.61 Å². The summed E-state index contributed by atoms with van der Waals surface area (Å²) in [5.41, 5.74) is 5.16. The quantitative estimate of drug-likeness (QED) is 0.511. The van der Waals surface area contributed by atoms with Crippen LogP contribution in [0.3, 0.4) is 0 Å². The summed E-state index contributed by atoms with van der Waals surface area (Å²) in [6, 6.07) is 3.78. The first-order valence-corrected chi connectivity index (χ1v) is 5.05. The van der Waals surface area contributed by atoms with Gasteiger partial charge in [0.05, 0.1) is 18.4 Å². The number of nitrogens with two attached hydrogens (primary N) is 1. The SMILES string of the molecule is COC(=O)c1cccc(OCC(F)(F)C(F)F)c1N. The van der Waals surface area contributed by atoms with Crippen molar-refractivity contribution >= 4 is 11.7 Å².